The number of nitrogens with one attached hydrogen (secondary N) is 2. The summed E-state index contributed by atoms with van der Waals surface area (Å²) in [5, 5.41) is 10.3. The molecular weight excluding hydrogens is 352 g/mol. The average Bonchev–Trinajstić information content (AvgIpc) is 3.14. The van der Waals surface area contributed by atoms with Gasteiger partial charge in [-0.25, -0.2) is 0 Å². The smallest absolute Gasteiger partial charge is 0.269 e. The van der Waals surface area contributed by atoms with Gasteiger partial charge in [0.1, 0.15) is 5.69 Å². The van der Waals surface area contributed by atoms with Gasteiger partial charge in [-0.1, -0.05) is 30.3 Å². The second-order valence-corrected chi connectivity index (χ2v) is 7.97. The molecule has 6 heteroatoms. The number of amides is 1. The van der Waals surface area contributed by atoms with E-state index in [9.17, 15) is 4.79 Å². The van der Waals surface area contributed by atoms with Crippen molar-refractivity contribution in [3.8, 4) is 11.3 Å². The second-order valence-electron chi connectivity index (χ2n) is 7.97. The third kappa shape index (κ3) is 3.36. The van der Waals surface area contributed by atoms with Gasteiger partial charge in [0.15, 0.2) is 0 Å². The Kier molecular flexibility index (Phi) is 4.28. The van der Waals surface area contributed by atoms with E-state index in [0.717, 1.165) is 37.2 Å². The summed E-state index contributed by atoms with van der Waals surface area (Å²) in [5.74, 6) is -0.0837. The van der Waals surface area contributed by atoms with Gasteiger partial charge in [-0.05, 0) is 43.4 Å². The van der Waals surface area contributed by atoms with E-state index in [2.05, 4.69) is 50.7 Å². The predicted octanol–water partition coefficient (Wildman–Crippen LogP) is 3.60. The van der Waals surface area contributed by atoms with E-state index >= 15 is 0 Å². The van der Waals surface area contributed by atoms with Crippen LogP contribution in [-0.2, 0) is 6.54 Å². The van der Waals surface area contributed by atoms with Crippen LogP contribution in [0.4, 0.5) is 0 Å². The standard InChI is InChI=1S/C22H24N4O2/c27-21(20-12-19(24-25-20)17-7-11-28-15-17)23-18-6-10-26(22(13-18)8-9-22)14-16-4-2-1-3-5-16/h1-5,7,11-12,15,18H,6,8-10,13-14H2,(H,23,27)(H,24,25). The van der Waals surface area contributed by atoms with Gasteiger partial charge in [-0.3, -0.25) is 14.8 Å². The number of hydrogen-bond acceptors (Lipinski definition) is 4. The lowest BCUT2D eigenvalue weighted by Gasteiger charge is -2.40. The Bertz CT molecular complexity index is 944. The van der Waals surface area contributed by atoms with Gasteiger partial charge in [-0.15, -0.1) is 0 Å². The zero-order valence-corrected chi connectivity index (χ0v) is 15.7. The molecule has 0 bridgehead atoms. The summed E-state index contributed by atoms with van der Waals surface area (Å²) in [6.45, 7) is 2.01. The van der Waals surface area contributed by atoms with Crippen molar-refractivity contribution in [1.29, 1.82) is 0 Å². The fourth-order valence-corrected chi connectivity index (χ4v) is 4.34. The second kappa shape index (κ2) is 6.95. The van der Waals surface area contributed by atoms with Crippen LogP contribution in [0.1, 0.15) is 41.7 Å². The number of likely N-dealkylation sites (tertiary alicyclic amines) is 1. The SMILES string of the molecule is O=C(NC1CCN(Cc2ccccc2)C2(CC2)C1)c1cc(-c2ccoc2)n[nH]1. The van der Waals surface area contributed by atoms with Crippen LogP contribution in [0, 0.1) is 0 Å². The summed E-state index contributed by atoms with van der Waals surface area (Å²) >= 11 is 0. The van der Waals surface area contributed by atoms with Crippen LogP contribution < -0.4 is 5.32 Å². The predicted molar refractivity (Wildman–Crippen MR) is 106 cm³/mol. The number of furan rings is 1. The Morgan fingerprint density at radius 3 is 2.89 bits per heavy atom. The molecule has 0 radical (unpaired) electrons. The van der Waals surface area contributed by atoms with E-state index in [1.165, 1.54) is 18.4 Å². The molecule has 2 N–H and O–H groups in total. The van der Waals surface area contributed by atoms with Crippen molar-refractivity contribution in [2.75, 3.05) is 6.54 Å². The van der Waals surface area contributed by atoms with Crippen LogP contribution in [-0.4, -0.2) is 39.1 Å². The first-order valence-corrected chi connectivity index (χ1v) is 9.90. The Labute approximate surface area is 163 Å². The normalized spacial score (nSPS) is 20.9. The fraction of sp³-hybridized carbons (Fsp3) is 0.364. The number of carbonyl (C=O) groups excluding carboxylic acids is 1. The molecule has 1 spiro atoms. The Balaban J connectivity index is 1.21. The number of aromatic amines is 1. The van der Waals surface area contributed by atoms with E-state index < -0.39 is 0 Å². The monoisotopic (exact) mass is 376 g/mol. The maximum atomic E-state index is 12.7. The van der Waals surface area contributed by atoms with E-state index in [1.54, 1.807) is 18.6 Å². The number of nitrogens with zero attached hydrogens (tertiary/aromatic N) is 2. The maximum absolute atomic E-state index is 12.7. The van der Waals surface area contributed by atoms with Crippen LogP contribution in [0.3, 0.4) is 0 Å². The largest absolute Gasteiger partial charge is 0.472 e. The average molecular weight is 376 g/mol. The first kappa shape index (κ1) is 17.3. The lowest BCUT2D eigenvalue weighted by Crippen LogP contribution is -2.51. The lowest BCUT2D eigenvalue weighted by atomic mass is 9.94. The first-order chi connectivity index (χ1) is 13.7. The van der Waals surface area contributed by atoms with E-state index in [1.807, 2.05) is 6.07 Å². The van der Waals surface area contributed by atoms with Gasteiger partial charge in [0.2, 0.25) is 0 Å². The van der Waals surface area contributed by atoms with Gasteiger partial charge in [0.25, 0.3) is 5.91 Å². The van der Waals surface area contributed by atoms with E-state index in [0.29, 0.717) is 5.69 Å². The van der Waals surface area contributed by atoms with Gasteiger partial charge in [-0.2, -0.15) is 5.10 Å². The molecule has 1 aliphatic carbocycles. The van der Waals surface area contributed by atoms with Crippen molar-refractivity contribution in [3.63, 3.8) is 0 Å². The zero-order valence-electron chi connectivity index (χ0n) is 15.7. The van der Waals surface area contributed by atoms with Crippen molar-refractivity contribution >= 4 is 5.91 Å². The summed E-state index contributed by atoms with van der Waals surface area (Å²) in [4.78, 5) is 15.3. The van der Waals surface area contributed by atoms with Crippen LogP contribution in [0.2, 0.25) is 0 Å². The summed E-state index contributed by atoms with van der Waals surface area (Å²) in [6, 6.07) is 14.5. The summed E-state index contributed by atoms with van der Waals surface area (Å²) < 4.78 is 5.08. The number of carbonyl (C=O) groups is 1. The zero-order chi connectivity index (χ0) is 19.0. The molecule has 1 aromatic carbocycles. The van der Waals surface area contributed by atoms with Gasteiger partial charge >= 0.3 is 0 Å². The van der Waals surface area contributed by atoms with Crippen molar-refractivity contribution < 1.29 is 9.21 Å². The molecule has 144 valence electrons. The molecule has 1 atom stereocenters. The maximum Gasteiger partial charge on any atom is 0.269 e. The number of H-pyrrole nitrogens is 1. The van der Waals surface area contributed by atoms with Crippen molar-refractivity contribution in [2.24, 2.45) is 0 Å². The fourth-order valence-electron chi connectivity index (χ4n) is 4.34. The Morgan fingerprint density at radius 1 is 1.29 bits per heavy atom. The van der Waals surface area contributed by atoms with Crippen molar-refractivity contribution in [1.82, 2.24) is 20.4 Å². The van der Waals surface area contributed by atoms with Crippen LogP contribution >= 0.6 is 0 Å². The van der Waals surface area contributed by atoms with Gasteiger partial charge in [0, 0.05) is 30.2 Å². The van der Waals surface area contributed by atoms with Crippen molar-refractivity contribution in [2.45, 2.75) is 43.8 Å². The molecule has 5 rings (SSSR count). The summed E-state index contributed by atoms with van der Waals surface area (Å²) in [6.07, 6.45) is 7.67. The highest BCUT2D eigenvalue weighted by atomic mass is 16.3. The molecule has 6 nitrogen and oxygen atoms in total. The molecule has 1 amide bonds. The number of piperidine rings is 1. The van der Waals surface area contributed by atoms with E-state index in [4.69, 9.17) is 4.42 Å². The minimum atomic E-state index is -0.0837. The Hall–Kier alpha value is -2.86. The van der Waals surface area contributed by atoms with Crippen LogP contribution in [0.15, 0.2) is 59.4 Å². The van der Waals surface area contributed by atoms with E-state index in [-0.39, 0.29) is 17.5 Å². The minimum absolute atomic E-state index is 0.0837. The molecule has 2 aromatic heterocycles. The highest BCUT2D eigenvalue weighted by molar-refractivity contribution is 5.93. The molecule has 1 saturated carbocycles. The number of aromatic nitrogens is 2. The highest BCUT2D eigenvalue weighted by Crippen LogP contribution is 2.49. The van der Waals surface area contributed by atoms with Gasteiger partial charge in [0.05, 0.1) is 18.2 Å². The van der Waals surface area contributed by atoms with Crippen molar-refractivity contribution in [3.05, 3.63) is 66.2 Å². The molecular formula is C22H24N4O2. The molecule has 1 unspecified atom stereocenters. The lowest BCUT2D eigenvalue weighted by molar-refractivity contribution is 0.0793. The Morgan fingerprint density at radius 2 is 2.14 bits per heavy atom. The van der Waals surface area contributed by atoms with Crippen LogP contribution in [0.25, 0.3) is 11.3 Å². The third-order valence-electron chi connectivity index (χ3n) is 6.06. The molecule has 1 aliphatic heterocycles. The molecule has 28 heavy (non-hydrogen) atoms. The summed E-state index contributed by atoms with van der Waals surface area (Å²) in [7, 11) is 0. The van der Waals surface area contributed by atoms with Crippen LogP contribution in [0.5, 0.6) is 0 Å². The third-order valence-corrected chi connectivity index (χ3v) is 6.06. The topological polar surface area (TPSA) is 74.2 Å². The summed E-state index contributed by atoms with van der Waals surface area (Å²) in [5.41, 5.74) is 3.70. The number of hydrogen-bond donors (Lipinski definition) is 2. The quantitative estimate of drug-likeness (QED) is 0.714. The molecule has 2 aliphatic rings. The minimum Gasteiger partial charge on any atom is -0.472 e. The molecule has 3 aromatic rings. The molecule has 2 fully saturated rings. The number of rotatable bonds is 5. The number of benzene rings is 1. The highest BCUT2D eigenvalue weighted by Gasteiger charge is 2.51. The van der Waals surface area contributed by atoms with Gasteiger partial charge < -0.3 is 9.73 Å². The molecule has 1 saturated heterocycles. The molecule has 3 heterocycles. The first-order valence-electron chi connectivity index (χ1n) is 9.90.